The van der Waals surface area contributed by atoms with Crippen molar-refractivity contribution in [1.82, 2.24) is 15.1 Å². The molecule has 0 spiro atoms. The van der Waals surface area contributed by atoms with Crippen LogP contribution in [0.2, 0.25) is 0 Å². The van der Waals surface area contributed by atoms with E-state index in [1.54, 1.807) is 19.0 Å². The average molecular weight is 510 g/mol. The molecule has 1 N–H and O–H groups in total. The van der Waals surface area contributed by atoms with Gasteiger partial charge in [0, 0.05) is 27.7 Å². The molecule has 0 aliphatic rings. The third kappa shape index (κ3) is 8.72. The molecule has 7 heteroatoms. The van der Waals surface area contributed by atoms with Gasteiger partial charge in [0.25, 0.3) is 0 Å². The molecule has 0 saturated heterocycles. The molecule has 0 aliphatic heterocycles. The Kier molecular flexibility index (Phi) is 11.1. The highest BCUT2D eigenvalue weighted by molar-refractivity contribution is 14.0. The highest BCUT2D eigenvalue weighted by Crippen LogP contribution is 2.13. The number of hydrogen-bond acceptors (Lipinski definition) is 3. The highest BCUT2D eigenvalue weighted by atomic mass is 127. The van der Waals surface area contributed by atoms with Gasteiger partial charge in [0.15, 0.2) is 5.96 Å². The first-order valence-electron chi connectivity index (χ1n) is 9.45. The van der Waals surface area contributed by atoms with Crippen molar-refractivity contribution in [2.24, 2.45) is 4.99 Å². The van der Waals surface area contributed by atoms with Crippen LogP contribution in [0.4, 0.5) is 0 Å². The molecule has 6 nitrogen and oxygen atoms in total. The summed E-state index contributed by atoms with van der Waals surface area (Å²) in [5.74, 6) is 1.55. The molecule has 0 unspecified atom stereocenters. The highest BCUT2D eigenvalue weighted by Gasteiger charge is 2.11. The van der Waals surface area contributed by atoms with Crippen molar-refractivity contribution in [3.05, 3.63) is 65.7 Å². The fraction of sp³-hybridized carbons (Fsp3) is 0.364. The van der Waals surface area contributed by atoms with Crippen molar-refractivity contribution in [1.29, 1.82) is 0 Å². The number of rotatable bonds is 8. The largest absolute Gasteiger partial charge is 0.494 e. The zero-order valence-corrected chi connectivity index (χ0v) is 19.9. The number of nitrogens with one attached hydrogen (secondary N) is 1. The Morgan fingerprint density at radius 1 is 1.00 bits per heavy atom. The molecular formula is C22H31IN4O2. The summed E-state index contributed by atoms with van der Waals surface area (Å²) >= 11 is 0. The van der Waals surface area contributed by atoms with Crippen molar-refractivity contribution in [2.75, 3.05) is 34.3 Å². The summed E-state index contributed by atoms with van der Waals surface area (Å²) < 4.78 is 5.50. The van der Waals surface area contributed by atoms with E-state index in [0.29, 0.717) is 25.7 Å². The average Bonchev–Trinajstić information content (AvgIpc) is 2.70. The number of nitrogens with zero attached hydrogens (tertiary/aromatic N) is 3. The van der Waals surface area contributed by atoms with Crippen molar-refractivity contribution < 1.29 is 9.53 Å². The number of carbonyl (C=O) groups excluding carboxylic acids is 1. The molecule has 0 atom stereocenters. The van der Waals surface area contributed by atoms with Gasteiger partial charge in [-0.3, -0.25) is 4.79 Å². The molecule has 29 heavy (non-hydrogen) atoms. The Morgan fingerprint density at radius 3 is 2.24 bits per heavy atom. The fourth-order valence-electron chi connectivity index (χ4n) is 2.58. The molecule has 2 aromatic carbocycles. The van der Waals surface area contributed by atoms with E-state index in [1.165, 1.54) is 0 Å². The zero-order chi connectivity index (χ0) is 20.4. The normalized spacial score (nSPS) is 10.7. The first kappa shape index (κ1) is 24.7. The molecule has 1 amide bonds. The number of likely N-dealkylation sites (N-methyl/N-ethyl adjacent to an activating group) is 1. The molecular weight excluding hydrogens is 479 g/mol. The van der Waals surface area contributed by atoms with Crippen LogP contribution < -0.4 is 10.1 Å². The minimum atomic E-state index is 0. The van der Waals surface area contributed by atoms with Gasteiger partial charge in [0.1, 0.15) is 5.75 Å². The summed E-state index contributed by atoms with van der Waals surface area (Å²) in [7, 11) is 5.45. The Bertz CT molecular complexity index is 764. The number of hydrogen-bond donors (Lipinski definition) is 1. The monoisotopic (exact) mass is 510 g/mol. The lowest BCUT2D eigenvalue weighted by molar-refractivity contribution is -0.127. The lowest BCUT2D eigenvalue weighted by Crippen LogP contribution is -2.43. The van der Waals surface area contributed by atoms with E-state index in [-0.39, 0.29) is 36.4 Å². The van der Waals surface area contributed by atoms with Gasteiger partial charge < -0.3 is 19.9 Å². The summed E-state index contributed by atoms with van der Waals surface area (Å²) in [5, 5.41) is 3.18. The summed E-state index contributed by atoms with van der Waals surface area (Å²) in [5.41, 5.74) is 2.26. The number of guanidine groups is 1. The van der Waals surface area contributed by atoms with Gasteiger partial charge in [-0.15, -0.1) is 24.0 Å². The van der Waals surface area contributed by atoms with Crippen LogP contribution in [0, 0.1) is 0 Å². The van der Waals surface area contributed by atoms with Crippen LogP contribution >= 0.6 is 24.0 Å². The molecule has 0 saturated carbocycles. The second kappa shape index (κ2) is 13.0. The van der Waals surface area contributed by atoms with Gasteiger partial charge in [-0.25, -0.2) is 4.99 Å². The molecule has 0 heterocycles. The minimum absolute atomic E-state index is 0. The molecule has 0 bridgehead atoms. The molecule has 0 aromatic heterocycles. The molecule has 158 valence electrons. The van der Waals surface area contributed by atoms with Crippen molar-refractivity contribution >= 4 is 35.8 Å². The first-order chi connectivity index (χ1) is 13.5. The van der Waals surface area contributed by atoms with Gasteiger partial charge in [-0.1, -0.05) is 42.5 Å². The van der Waals surface area contributed by atoms with Crippen molar-refractivity contribution in [3.63, 3.8) is 0 Å². The predicted molar refractivity (Wildman–Crippen MR) is 129 cm³/mol. The third-order valence-corrected chi connectivity index (χ3v) is 4.17. The van der Waals surface area contributed by atoms with E-state index in [2.05, 4.69) is 5.32 Å². The topological polar surface area (TPSA) is 57.2 Å². The van der Waals surface area contributed by atoms with Crippen LogP contribution in [-0.2, 0) is 17.9 Å². The lowest BCUT2D eigenvalue weighted by Gasteiger charge is -2.23. The summed E-state index contributed by atoms with van der Waals surface area (Å²) in [4.78, 5) is 20.3. The first-order valence-corrected chi connectivity index (χ1v) is 9.45. The van der Waals surface area contributed by atoms with E-state index >= 15 is 0 Å². The third-order valence-electron chi connectivity index (χ3n) is 4.17. The van der Waals surface area contributed by atoms with Gasteiger partial charge in [-0.2, -0.15) is 0 Å². The van der Waals surface area contributed by atoms with Crippen LogP contribution in [0.3, 0.4) is 0 Å². The summed E-state index contributed by atoms with van der Waals surface area (Å²) in [6, 6.07) is 18.1. The standard InChI is InChI=1S/C22H30N4O2.HI/c1-5-28-20-13-11-19(12-14-20)17-26(4)22(24-16-21(27)25(2)3)23-15-18-9-7-6-8-10-18;/h6-14H,5,15-17H2,1-4H3,(H,23,24);1H. The molecule has 0 fully saturated rings. The van der Waals surface area contributed by atoms with Crippen LogP contribution in [-0.4, -0.2) is 56.0 Å². The molecule has 0 radical (unpaired) electrons. The van der Waals surface area contributed by atoms with Gasteiger partial charge in [-0.05, 0) is 30.2 Å². The summed E-state index contributed by atoms with van der Waals surface area (Å²) in [6.07, 6.45) is 0. The lowest BCUT2D eigenvalue weighted by atomic mass is 10.2. The number of amides is 1. The van der Waals surface area contributed by atoms with Crippen LogP contribution in [0.25, 0.3) is 0 Å². The van der Waals surface area contributed by atoms with Gasteiger partial charge in [0.2, 0.25) is 5.91 Å². The van der Waals surface area contributed by atoms with Crippen molar-refractivity contribution in [2.45, 2.75) is 20.0 Å². The van der Waals surface area contributed by atoms with E-state index < -0.39 is 0 Å². The number of ether oxygens (including phenoxy) is 1. The van der Waals surface area contributed by atoms with Crippen LogP contribution in [0.15, 0.2) is 59.6 Å². The Labute approximate surface area is 191 Å². The zero-order valence-electron chi connectivity index (χ0n) is 17.6. The Hall–Kier alpha value is -2.29. The number of aliphatic imine (C=N–C) groups is 1. The molecule has 2 rings (SSSR count). The second-order valence-corrected chi connectivity index (χ2v) is 6.70. The smallest absolute Gasteiger partial charge is 0.241 e. The van der Waals surface area contributed by atoms with E-state index in [1.807, 2.05) is 73.5 Å². The number of halogens is 1. The van der Waals surface area contributed by atoms with Gasteiger partial charge in [0.05, 0.1) is 19.7 Å². The maximum absolute atomic E-state index is 12.0. The Balaban J connectivity index is 0.00000420. The quantitative estimate of drug-likeness (QED) is 0.336. The predicted octanol–water partition coefficient (Wildman–Crippen LogP) is 3.37. The van der Waals surface area contributed by atoms with Crippen LogP contribution in [0.5, 0.6) is 5.75 Å². The Morgan fingerprint density at radius 2 is 1.66 bits per heavy atom. The van der Waals surface area contributed by atoms with E-state index in [0.717, 1.165) is 16.9 Å². The second-order valence-electron chi connectivity index (χ2n) is 6.70. The number of benzene rings is 2. The molecule has 0 aliphatic carbocycles. The fourth-order valence-corrected chi connectivity index (χ4v) is 2.58. The molecule has 2 aromatic rings. The van der Waals surface area contributed by atoms with Crippen molar-refractivity contribution in [3.8, 4) is 5.75 Å². The maximum atomic E-state index is 12.0. The number of carbonyl (C=O) groups is 1. The van der Waals surface area contributed by atoms with Crippen LogP contribution in [0.1, 0.15) is 18.1 Å². The maximum Gasteiger partial charge on any atom is 0.241 e. The SMILES string of the molecule is CCOc1ccc(CN(C)C(=NCc2ccccc2)NCC(=O)N(C)C)cc1.I. The van der Waals surface area contributed by atoms with Gasteiger partial charge >= 0.3 is 0 Å². The van der Waals surface area contributed by atoms with E-state index in [9.17, 15) is 4.79 Å². The minimum Gasteiger partial charge on any atom is -0.494 e. The summed E-state index contributed by atoms with van der Waals surface area (Å²) in [6.45, 7) is 4.04. The van der Waals surface area contributed by atoms with E-state index in [4.69, 9.17) is 9.73 Å².